The van der Waals surface area contributed by atoms with E-state index in [1.54, 1.807) is 36.4 Å². The van der Waals surface area contributed by atoms with Crippen LogP contribution in [-0.2, 0) is 0 Å². The number of non-ortho nitro benzene ring substituents is 1. The van der Waals surface area contributed by atoms with Gasteiger partial charge in [-0.3, -0.25) is 25.0 Å². The van der Waals surface area contributed by atoms with E-state index in [4.69, 9.17) is 0 Å². The SMILES string of the molecule is O=C(c1ccccc1)c1cc[n+](-c2ccc([N+](=O)[O-])cc2[N+](=O)[O-])cc1. The Hall–Kier alpha value is -3.94. The average Bonchev–Trinajstić information content (AvgIpc) is 2.67. The lowest BCUT2D eigenvalue weighted by atomic mass is 10.0. The quantitative estimate of drug-likeness (QED) is 0.304. The number of rotatable bonds is 5. The lowest BCUT2D eigenvalue weighted by molar-refractivity contribution is -0.601. The molecule has 0 saturated heterocycles. The van der Waals surface area contributed by atoms with Crippen LogP contribution >= 0.6 is 0 Å². The first kappa shape index (κ1) is 16.9. The van der Waals surface area contributed by atoms with Crippen LogP contribution in [0.4, 0.5) is 11.4 Å². The number of pyridine rings is 1. The van der Waals surface area contributed by atoms with E-state index < -0.39 is 15.5 Å². The van der Waals surface area contributed by atoms with Gasteiger partial charge in [-0.05, 0) is 0 Å². The minimum absolute atomic E-state index is 0.166. The fraction of sp³-hybridized carbons (Fsp3) is 0. The molecule has 3 aromatic rings. The first-order chi connectivity index (χ1) is 12.5. The summed E-state index contributed by atoms with van der Waals surface area (Å²) in [6.07, 6.45) is 3.01. The smallest absolute Gasteiger partial charge is 0.289 e. The summed E-state index contributed by atoms with van der Waals surface area (Å²) in [5, 5.41) is 22.1. The molecule has 0 bridgehead atoms. The second-order valence-corrected chi connectivity index (χ2v) is 5.38. The largest absolute Gasteiger partial charge is 0.347 e. The van der Waals surface area contributed by atoms with E-state index in [9.17, 15) is 25.0 Å². The van der Waals surface area contributed by atoms with Gasteiger partial charge in [-0.15, -0.1) is 0 Å². The van der Waals surface area contributed by atoms with Crippen molar-refractivity contribution in [3.8, 4) is 5.69 Å². The number of benzene rings is 2. The van der Waals surface area contributed by atoms with E-state index in [0.29, 0.717) is 11.1 Å². The Kier molecular flexibility index (Phi) is 4.48. The highest BCUT2D eigenvalue weighted by Gasteiger charge is 2.26. The molecular weight excluding hydrogens is 338 g/mol. The van der Waals surface area contributed by atoms with Crippen molar-refractivity contribution >= 4 is 17.2 Å². The molecule has 0 fully saturated rings. The first-order valence-electron chi connectivity index (χ1n) is 7.51. The Bertz CT molecular complexity index is 1000. The van der Waals surface area contributed by atoms with Crippen molar-refractivity contribution in [3.05, 3.63) is 104 Å². The molecule has 2 aromatic carbocycles. The molecule has 0 saturated carbocycles. The summed E-state index contributed by atoms with van der Waals surface area (Å²) in [5.41, 5.74) is 0.367. The summed E-state index contributed by atoms with van der Waals surface area (Å²) in [5.74, 6) is -0.170. The Balaban J connectivity index is 1.97. The molecule has 0 amide bonds. The van der Waals surface area contributed by atoms with Crippen LogP contribution in [0.2, 0.25) is 0 Å². The number of hydrogen-bond donors (Lipinski definition) is 0. The third kappa shape index (κ3) is 3.29. The highest BCUT2D eigenvalue weighted by atomic mass is 16.6. The molecule has 1 heterocycles. The monoisotopic (exact) mass is 350 g/mol. The van der Waals surface area contributed by atoms with Crippen molar-refractivity contribution in [3.63, 3.8) is 0 Å². The number of aromatic nitrogens is 1. The molecule has 0 N–H and O–H groups in total. The van der Waals surface area contributed by atoms with Crippen molar-refractivity contribution in [1.82, 2.24) is 0 Å². The Morgan fingerprint density at radius 2 is 1.42 bits per heavy atom. The Morgan fingerprint density at radius 3 is 2.00 bits per heavy atom. The molecule has 0 radical (unpaired) electrons. The maximum absolute atomic E-state index is 12.4. The van der Waals surface area contributed by atoms with Crippen LogP contribution in [0.25, 0.3) is 5.69 Å². The summed E-state index contributed by atoms with van der Waals surface area (Å²) in [4.78, 5) is 33.1. The predicted molar refractivity (Wildman–Crippen MR) is 91.2 cm³/mol. The third-order valence-electron chi connectivity index (χ3n) is 3.77. The van der Waals surface area contributed by atoms with Gasteiger partial charge in [0.2, 0.25) is 0 Å². The summed E-state index contributed by atoms with van der Waals surface area (Å²) in [6, 6.07) is 15.2. The van der Waals surface area contributed by atoms with Crippen molar-refractivity contribution in [2.24, 2.45) is 0 Å². The molecule has 0 aliphatic rings. The second kappa shape index (κ2) is 6.89. The number of nitrogens with zero attached hydrogens (tertiary/aromatic N) is 3. The zero-order valence-corrected chi connectivity index (χ0v) is 13.3. The number of carbonyl (C=O) groups excluding carboxylic acids is 1. The average molecular weight is 350 g/mol. The number of nitro benzene ring substituents is 2. The minimum Gasteiger partial charge on any atom is -0.289 e. The maximum atomic E-state index is 12.4. The van der Waals surface area contributed by atoms with E-state index in [0.717, 1.165) is 6.07 Å². The van der Waals surface area contributed by atoms with Crippen molar-refractivity contribution < 1.29 is 19.2 Å². The molecule has 0 atom stereocenters. The summed E-state index contributed by atoms with van der Waals surface area (Å²) in [6.45, 7) is 0. The van der Waals surface area contributed by atoms with Gasteiger partial charge in [0.25, 0.3) is 11.4 Å². The highest BCUT2D eigenvalue weighted by molar-refractivity contribution is 6.08. The molecule has 0 aliphatic carbocycles. The van der Waals surface area contributed by atoms with Gasteiger partial charge in [0.15, 0.2) is 18.2 Å². The number of carbonyl (C=O) groups is 1. The molecule has 3 rings (SSSR count). The van der Waals surface area contributed by atoms with Gasteiger partial charge >= 0.3 is 5.69 Å². The fourth-order valence-corrected chi connectivity index (χ4v) is 2.48. The minimum atomic E-state index is -0.691. The molecular formula is C18H12N3O5+. The summed E-state index contributed by atoms with van der Waals surface area (Å²) < 4.78 is 1.43. The highest BCUT2D eigenvalue weighted by Crippen LogP contribution is 2.24. The van der Waals surface area contributed by atoms with Crippen LogP contribution in [0.15, 0.2) is 73.1 Å². The number of nitro groups is 2. The second-order valence-electron chi connectivity index (χ2n) is 5.38. The van der Waals surface area contributed by atoms with Gasteiger partial charge in [0.05, 0.1) is 9.85 Å². The van der Waals surface area contributed by atoms with Crippen LogP contribution in [0, 0.1) is 20.2 Å². The van der Waals surface area contributed by atoms with Crippen molar-refractivity contribution in [2.45, 2.75) is 0 Å². The third-order valence-corrected chi connectivity index (χ3v) is 3.77. The zero-order chi connectivity index (χ0) is 18.7. The van der Waals surface area contributed by atoms with Gasteiger partial charge in [-0.25, -0.2) is 0 Å². The molecule has 0 aliphatic heterocycles. The first-order valence-corrected chi connectivity index (χ1v) is 7.51. The topological polar surface area (TPSA) is 107 Å². The van der Waals surface area contributed by atoms with E-state index in [-0.39, 0.29) is 17.2 Å². The van der Waals surface area contributed by atoms with Crippen LogP contribution in [0.1, 0.15) is 15.9 Å². The van der Waals surface area contributed by atoms with E-state index >= 15 is 0 Å². The fourth-order valence-electron chi connectivity index (χ4n) is 2.48. The van der Waals surface area contributed by atoms with E-state index in [1.165, 1.54) is 29.1 Å². The predicted octanol–water partition coefficient (Wildman–Crippen LogP) is 3.01. The lowest BCUT2D eigenvalue weighted by Gasteiger charge is -2.01. The number of ketones is 1. The zero-order valence-electron chi connectivity index (χ0n) is 13.3. The maximum Gasteiger partial charge on any atom is 0.347 e. The van der Waals surface area contributed by atoms with Gasteiger partial charge in [0, 0.05) is 35.4 Å². The van der Waals surface area contributed by atoms with Gasteiger partial charge in [-0.2, -0.15) is 4.57 Å². The molecule has 1 aromatic heterocycles. The Labute approximate surface area is 147 Å². The lowest BCUT2D eigenvalue weighted by Crippen LogP contribution is -2.30. The van der Waals surface area contributed by atoms with Gasteiger partial charge < -0.3 is 0 Å². The molecule has 8 nitrogen and oxygen atoms in total. The molecule has 8 heteroatoms. The Morgan fingerprint density at radius 1 is 0.808 bits per heavy atom. The van der Waals surface area contributed by atoms with Crippen LogP contribution in [0.3, 0.4) is 0 Å². The van der Waals surface area contributed by atoms with Crippen LogP contribution in [-0.4, -0.2) is 15.6 Å². The molecule has 0 unspecified atom stereocenters. The summed E-state index contributed by atoms with van der Waals surface area (Å²) in [7, 11) is 0. The van der Waals surface area contributed by atoms with E-state index in [1.807, 2.05) is 6.07 Å². The van der Waals surface area contributed by atoms with Gasteiger partial charge in [-0.1, -0.05) is 30.3 Å². The van der Waals surface area contributed by atoms with Gasteiger partial charge in [0.1, 0.15) is 6.07 Å². The van der Waals surface area contributed by atoms with Crippen LogP contribution in [0.5, 0.6) is 0 Å². The van der Waals surface area contributed by atoms with Crippen LogP contribution < -0.4 is 4.57 Å². The van der Waals surface area contributed by atoms with E-state index in [2.05, 4.69) is 0 Å². The van der Waals surface area contributed by atoms with Crippen molar-refractivity contribution in [1.29, 1.82) is 0 Å². The number of hydrogen-bond acceptors (Lipinski definition) is 5. The van der Waals surface area contributed by atoms with Crippen molar-refractivity contribution in [2.75, 3.05) is 0 Å². The normalized spacial score (nSPS) is 10.3. The summed E-state index contributed by atoms with van der Waals surface area (Å²) >= 11 is 0. The molecule has 0 spiro atoms. The standard InChI is InChI=1S/C18H12N3O5/c22-18(13-4-2-1-3-5-13)14-8-10-19(11-9-14)16-7-6-15(20(23)24)12-17(16)21(25)26/h1-12H/q+1. The molecule has 26 heavy (non-hydrogen) atoms. The molecule has 128 valence electrons.